The van der Waals surface area contributed by atoms with Crippen LogP contribution in [-0.2, 0) is 0 Å². The van der Waals surface area contributed by atoms with Gasteiger partial charge in [0.15, 0.2) is 0 Å². The van der Waals surface area contributed by atoms with E-state index in [0.29, 0.717) is 0 Å². The van der Waals surface area contributed by atoms with Crippen LogP contribution in [0.5, 0.6) is 0 Å². The maximum absolute atomic E-state index is 3.20. The first kappa shape index (κ1) is 12.3. The minimum Gasteiger partial charge on any atom is -0.103 e. The van der Waals surface area contributed by atoms with Gasteiger partial charge in [0.25, 0.3) is 0 Å². The number of hydrogen-bond donors (Lipinski definition) is 0. The van der Waals surface area contributed by atoms with Gasteiger partial charge in [0.05, 0.1) is 0 Å². The molecule has 13 heavy (non-hydrogen) atoms. The molecule has 0 aliphatic carbocycles. The van der Waals surface area contributed by atoms with E-state index in [1.165, 1.54) is 25.7 Å². The van der Waals surface area contributed by atoms with Crippen LogP contribution in [0.1, 0.15) is 58.8 Å². The van der Waals surface area contributed by atoms with E-state index in [1.54, 1.807) is 0 Å². The Morgan fingerprint density at radius 2 is 1.77 bits per heavy atom. The van der Waals surface area contributed by atoms with Gasteiger partial charge in [-0.25, -0.2) is 0 Å². The van der Waals surface area contributed by atoms with Crippen LogP contribution in [0.3, 0.4) is 0 Å². The van der Waals surface area contributed by atoms with Crippen LogP contribution >= 0.6 is 0 Å². The summed E-state index contributed by atoms with van der Waals surface area (Å²) in [6.45, 7) is 4.38. The highest BCUT2D eigenvalue weighted by Crippen LogP contribution is 2.00. The van der Waals surface area contributed by atoms with Gasteiger partial charge >= 0.3 is 0 Å². The summed E-state index contributed by atoms with van der Waals surface area (Å²) in [4.78, 5) is 0. The SMILES string of the molecule is CCC=CCC#CCCCCCC. The molecular weight excluding hydrogens is 156 g/mol. The number of rotatable bonds is 6. The summed E-state index contributed by atoms with van der Waals surface area (Å²) in [6, 6.07) is 0. The van der Waals surface area contributed by atoms with Gasteiger partial charge in [0.2, 0.25) is 0 Å². The lowest BCUT2D eigenvalue weighted by atomic mass is 10.1. The molecule has 74 valence electrons. The van der Waals surface area contributed by atoms with Crippen molar-refractivity contribution in [1.82, 2.24) is 0 Å². The highest BCUT2D eigenvalue weighted by Gasteiger charge is 1.82. The van der Waals surface area contributed by atoms with Crippen LogP contribution in [-0.4, -0.2) is 0 Å². The van der Waals surface area contributed by atoms with E-state index in [9.17, 15) is 0 Å². The molecule has 0 saturated heterocycles. The first-order chi connectivity index (χ1) is 6.41. The van der Waals surface area contributed by atoms with Crippen molar-refractivity contribution in [2.45, 2.75) is 58.8 Å². The lowest BCUT2D eigenvalue weighted by molar-refractivity contribution is 0.679. The molecule has 0 aromatic carbocycles. The summed E-state index contributed by atoms with van der Waals surface area (Å²) >= 11 is 0. The zero-order chi connectivity index (χ0) is 9.78. The molecule has 0 N–H and O–H groups in total. The van der Waals surface area contributed by atoms with E-state index in [-0.39, 0.29) is 0 Å². The van der Waals surface area contributed by atoms with E-state index >= 15 is 0 Å². The van der Waals surface area contributed by atoms with Gasteiger partial charge in [-0.15, -0.1) is 5.92 Å². The molecule has 0 fully saturated rings. The number of allylic oxidation sites excluding steroid dienone is 2. The van der Waals surface area contributed by atoms with Crippen LogP contribution < -0.4 is 0 Å². The van der Waals surface area contributed by atoms with Gasteiger partial charge in [-0.05, 0) is 12.8 Å². The maximum atomic E-state index is 3.20. The lowest BCUT2D eigenvalue weighted by Gasteiger charge is -1.91. The van der Waals surface area contributed by atoms with Crippen LogP contribution in [0.15, 0.2) is 12.2 Å². The molecular formula is C13H22. The fourth-order valence-electron chi connectivity index (χ4n) is 1.11. The predicted molar refractivity (Wildman–Crippen MR) is 60.6 cm³/mol. The zero-order valence-corrected chi connectivity index (χ0v) is 9.10. The van der Waals surface area contributed by atoms with Crippen LogP contribution in [0, 0.1) is 11.8 Å². The van der Waals surface area contributed by atoms with E-state index < -0.39 is 0 Å². The van der Waals surface area contributed by atoms with Crippen molar-refractivity contribution < 1.29 is 0 Å². The van der Waals surface area contributed by atoms with E-state index in [2.05, 4.69) is 37.8 Å². The van der Waals surface area contributed by atoms with Crippen LogP contribution in [0.2, 0.25) is 0 Å². The first-order valence-electron chi connectivity index (χ1n) is 5.52. The van der Waals surface area contributed by atoms with E-state index in [1.807, 2.05) is 0 Å². The molecule has 0 radical (unpaired) electrons. The molecule has 0 amide bonds. The molecule has 0 saturated carbocycles. The standard InChI is InChI=1S/C13H22/c1-3-5-7-9-11-13-12-10-8-6-4-2/h5,7H,3-4,6,8-10,12H2,1-2H3. The topological polar surface area (TPSA) is 0 Å². The quantitative estimate of drug-likeness (QED) is 0.323. The fraction of sp³-hybridized carbons (Fsp3) is 0.692. The molecule has 0 aliphatic heterocycles. The van der Waals surface area contributed by atoms with Gasteiger partial charge in [-0.2, -0.15) is 0 Å². The summed E-state index contributed by atoms with van der Waals surface area (Å²) in [7, 11) is 0. The Kier molecular flexibility index (Phi) is 10.7. The van der Waals surface area contributed by atoms with Crippen molar-refractivity contribution in [1.29, 1.82) is 0 Å². The molecule has 0 spiro atoms. The molecule has 0 aliphatic rings. The predicted octanol–water partition coefficient (Wildman–Crippen LogP) is 4.32. The first-order valence-corrected chi connectivity index (χ1v) is 5.52. The average Bonchev–Trinajstić information content (AvgIpc) is 2.16. The Hall–Kier alpha value is -0.700. The van der Waals surface area contributed by atoms with Gasteiger partial charge in [-0.3, -0.25) is 0 Å². The lowest BCUT2D eigenvalue weighted by Crippen LogP contribution is -1.73. The summed E-state index contributed by atoms with van der Waals surface area (Å²) < 4.78 is 0. The number of hydrogen-bond acceptors (Lipinski definition) is 0. The molecule has 0 aromatic heterocycles. The van der Waals surface area contributed by atoms with Crippen molar-refractivity contribution in [3.63, 3.8) is 0 Å². The molecule has 0 unspecified atom stereocenters. The second kappa shape index (κ2) is 11.3. The third kappa shape index (κ3) is 11.3. The largest absolute Gasteiger partial charge is 0.103 e. The number of unbranched alkanes of at least 4 members (excludes halogenated alkanes) is 4. The van der Waals surface area contributed by atoms with Crippen molar-refractivity contribution in [3.8, 4) is 11.8 Å². The highest BCUT2D eigenvalue weighted by atomic mass is 13.9. The normalized spacial score (nSPS) is 10.0. The minimum absolute atomic E-state index is 0.932. The molecule has 0 nitrogen and oxygen atoms in total. The Labute approximate surface area is 83.4 Å². The molecule has 0 atom stereocenters. The van der Waals surface area contributed by atoms with Crippen LogP contribution in [0.25, 0.3) is 0 Å². The van der Waals surface area contributed by atoms with Crippen LogP contribution in [0.4, 0.5) is 0 Å². The Balaban J connectivity index is 3.15. The summed E-state index contributed by atoms with van der Waals surface area (Å²) in [5, 5.41) is 0. The Bertz CT molecular complexity index is 166. The molecule has 0 bridgehead atoms. The van der Waals surface area contributed by atoms with Gasteiger partial charge in [0, 0.05) is 12.8 Å². The smallest absolute Gasteiger partial charge is 0.0269 e. The second-order valence-corrected chi connectivity index (χ2v) is 3.25. The summed E-state index contributed by atoms with van der Waals surface area (Å²) in [6.07, 6.45) is 12.8. The van der Waals surface area contributed by atoms with Gasteiger partial charge in [-0.1, -0.05) is 51.2 Å². The third-order valence-electron chi connectivity index (χ3n) is 1.90. The van der Waals surface area contributed by atoms with Crippen molar-refractivity contribution in [2.24, 2.45) is 0 Å². The molecule has 0 heterocycles. The fourth-order valence-corrected chi connectivity index (χ4v) is 1.11. The Morgan fingerprint density at radius 1 is 0.923 bits per heavy atom. The van der Waals surface area contributed by atoms with E-state index in [4.69, 9.17) is 0 Å². The molecule has 0 rings (SSSR count). The zero-order valence-electron chi connectivity index (χ0n) is 9.10. The monoisotopic (exact) mass is 178 g/mol. The minimum atomic E-state index is 0.932. The van der Waals surface area contributed by atoms with Gasteiger partial charge in [0.1, 0.15) is 0 Å². The molecule has 0 aromatic rings. The van der Waals surface area contributed by atoms with Crippen molar-refractivity contribution in [3.05, 3.63) is 12.2 Å². The second-order valence-electron chi connectivity index (χ2n) is 3.25. The van der Waals surface area contributed by atoms with Gasteiger partial charge < -0.3 is 0 Å². The Morgan fingerprint density at radius 3 is 2.46 bits per heavy atom. The highest BCUT2D eigenvalue weighted by molar-refractivity contribution is 5.04. The van der Waals surface area contributed by atoms with Crippen molar-refractivity contribution >= 4 is 0 Å². The average molecular weight is 178 g/mol. The third-order valence-corrected chi connectivity index (χ3v) is 1.90. The maximum Gasteiger partial charge on any atom is 0.0269 e. The summed E-state index contributed by atoms with van der Waals surface area (Å²) in [5.74, 6) is 6.36. The molecule has 0 heteroatoms. The van der Waals surface area contributed by atoms with Crippen molar-refractivity contribution in [2.75, 3.05) is 0 Å². The van der Waals surface area contributed by atoms with E-state index in [0.717, 1.165) is 19.3 Å². The summed E-state index contributed by atoms with van der Waals surface area (Å²) in [5.41, 5.74) is 0.